The molecule has 0 aliphatic carbocycles. The van der Waals surface area contributed by atoms with Crippen molar-refractivity contribution < 1.29 is 9.53 Å². The number of benzene rings is 2. The molecule has 0 saturated carbocycles. The minimum absolute atomic E-state index is 0.117. The van der Waals surface area contributed by atoms with Gasteiger partial charge in [0.05, 0.1) is 16.5 Å². The number of rotatable bonds is 5. The van der Waals surface area contributed by atoms with Gasteiger partial charge in [0, 0.05) is 17.1 Å². The summed E-state index contributed by atoms with van der Waals surface area (Å²) in [5.41, 5.74) is 0.709. The molecule has 0 saturated heterocycles. The van der Waals surface area contributed by atoms with Gasteiger partial charge in [-0.1, -0.05) is 48.5 Å². The third-order valence-electron chi connectivity index (χ3n) is 3.99. The van der Waals surface area contributed by atoms with E-state index in [0.29, 0.717) is 5.39 Å². The number of nitrogens with zero attached hydrogens (tertiary/aromatic N) is 3. The van der Waals surface area contributed by atoms with E-state index in [-0.39, 0.29) is 18.7 Å². The lowest BCUT2D eigenvalue weighted by Crippen LogP contribution is -2.27. The van der Waals surface area contributed by atoms with E-state index in [9.17, 15) is 9.59 Å². The molecule has 0 radical (unpaired) electrons. The molecule has 0 fully saturated rings. The van der Waals surface area contributed by atoms with Gasteiger partial charge in [0.25, 0.3) is 5.56 Å². The van der Waals surface area contributed by atoms with Crippen LogP contribution in [0.25, 0.3) is 21.3 Å². The highest BCUT2D eigenvalue weighted by Crippen LogP contribution is 2.25. The number of carbonyl (C=O) groups excluding carboxylic acids is 1. The first-order valence-corrected chi connectivity index (χ1v) is 9.13. The minimum atomic E-state index is -0.519. The van der Waals surface area contributed by atoms with E-state index in [1.54, 1.807) is 30.6 Å². The number of esters is 1. The van der Waals surface area contributed by atoms with Crippen LogP contribution < -0.4 is 5.56 Å². The van der Waals surface area contributed by atoms with Gasteiger partial charge in [0.2, 0.25) is 0 Å². The largest absolute Gasteiger partial charge is 0.459 e. The van der Waals surface area contributed by atoms with Crippen molar-refractivity contribution in [1.29, 1.82) is 0 Å². The maximum Gasteiger partial charge on any atom is 0.328 e. The van der Waals surface area contributed by atoms with Crippen molar-refractivity contribution in [2.75, 3.05) is 0 Å². The summed E-state index contributed by atoms with van der Waals surface area (Å²) in [7, 11) is 0. The molecule has 0 atom stereocenters. The van der Waals surface area contributed by atoms with Gasteiger partial charge in [-0.3, -0.25) is 9.59 Å². The Morgan fingerprint density at radius 2 is 1.81 bits per heavy atom. The van der Waals surface area contributed by atoms with Crippen LogP contribution in [0.4, 0.5) is 0 Å². The fourth-order valence-corrected chi connectivity index (χ4v) is 3.48. The predicted molar refractivity (Wildman–Crippen MR) is 103 cm³/mol. The lowest BCUT2D eigenvalue weighted by atomic mass is 10.2. The maximum atomic E-state index is 12.4. The number of carbonyl (C=O) groups is 1. The Kier molecular flexibility index (Phi) is 4.76. The zero-order valence-corrected chi connectivity index (χ0v) is 15.1. The molecule has 7 heteroatoms. The summed E-state index contributed by atoms with van der Waals surface area (Å²) in [6.45, 7) is -0.111. The highest BCUT2D eigenvalue weighted by molar-refractivity contribution is 7.15. The summed E-state index contributed by atoms with van der Waals surface area (Å²) < 4.78 is 6.40. The molecule has 4 aromatic rings. The topological polar surface area (TPSA) is 74.1 Å². The molecule has 4 rings (SSSR count). The monoisotopic (exact) mass is 377 g/mol. The predicted octanol–water partition coefficient (Wildman–Crippen LogP) is 3.26. The van der Waals surface area contributed by atoms with E-state index >= 15 is 0 Å². The van der Waals surface area contributed by atoms with Crippen LogP contribution in [0.3, 0.4) is 0 Å². The summed E-state index contributed by atoms with van der Waals surface area (Å²) in [6, 6.07) is 16.9. The highest BCUT2D eigenvalue weighted by Gasteiger charge is 2.11. The van der Waals surface area contributed by atoms with Crippen LogP contribution in [-0.4, -0.2) is 20.7 Å². The number of hydrogen-bond acceptors (Lipinski definition) is 6. The van der Waals surface area contributed by atoms with Crippen molar-refractivity contribution in [3.05, 3.63) is 82.2 Å². The normalized spacial score (nSPS) is 10.8. The molecular weight excluding hydrogens is 362 g/mol. The molecule has 134 valence electrons. The van der Waals surface area contributed by atoms with Crippen molar-refractivity contribution in [2.24, 2.45) is 0 Å². The minimum Gasteiger partial charge on any atom is -0.459 e. The van der Waals surface area contributed by atoms with Crippen LogP contribution in [0.1, 0.15) is 4.88 Å². The Morgan fingerprint density at radius 1 is 1.04 bits per heavy atom. The summed E-state index contributed by atoms with van der Waals surface area (Å²) >= 11 is 1.47. The average molecular weight is 377 g/mol. The van der Waals surface area contributed by atoms with Crippen LogP contribution >= 0.6 is 11.3 Å². The molecule has 0 bridgehead atoms. The highest BCUT2D eigenvalue weighted by atomic mass is 32.1. The molecule has 2 heterocycles. The molecule has 0 N–H and O–H groups in total. The van der Waals surface area contributed by atoms with E-state index in [0.717, 1.165) is 25.5 Å². The number of thiazole rings is 1. The molecule has 0 aliphatic rings. The smallest absolute Gasteiger partial charge is 0.328 e. The number of hydrogen-bond donors (Lipinski definition) is 0. The zero-order chi connectivity index (χ0) is 18.6. The lowest BCUT2D eigenvalue weighted by molar-refractivity contribution is -0.145. The second-order valence-electron chi connectivity index (χ2n) is 5.85. The van der Waals surface area contributed by atoms with Crippen LogP contribution in [0, 0.1) is 0 Å². The third kappa shape index (κ3) is 3.78. The average Bonchev–Trinajstić information content (AvgIpc) is 3.19. The third-order valence-corrected chi connectivity index (χ3v) is 5.01. The fourth-order valence-electron chi connectivity index (χ4n) is 2.65. The second-order valence-corrected chi connectivity index (χ2v) is 6.97. The first kappa shape index (κ1) is 17.1. The quantitative estimate of drug-likeness (QED) is 0.499. The van der Waals surface area contributed by atoms with Gasteiger partial charge in [-0.05, 0) is 6.07 Å². The van der Waals surface area contributed by atoms with Crippen molar-refractivity contribution in [2.45, 2.75) is 13.2 Å². The van der Waals surface area contributed by atoms with E-state index in [2.05, 4.69) is 10.1 Å². The van der Waals surface area contributed by atoms with Crippen LogP contribution in [0.2, 0.25) is 0 Å². The van der Waals surface area contributed by atoms with Gasteiger partial charge >= 0.3 is 5.97 Å². The number of ether oxygens (including phenoxy) is 1. The summed E-state index contributed by atoms with van der Waals surface area (Å²) in [6.07, 6.45) is 3.26. The maximum absolute atomic E-state index is 12.4. The summed E-state index contributed by atoms with van der Waals surface area (Å²) in [5, 5.41) is 6.17. The lowest BCUT2D eigenvalue weighted by Gasteiger charge is -2.06. The Bertz CT molecular complexity index is 1150. The van der Waals surface area contributed by atoms with Crippen molar-refractivity contribution in [3.63, 3.8) is 0 Å². The molecule has 0 unspecified atom stereocenters. The molecule has 27 heavy (non-hydrogen) atoms. The van der Waals surface area contributed by atoms with Gasteiger partial charge in [0.1, 0.15) is 18.2 Å². The van der Waals surface area contributed by atoms with Gasteiger partial charge in [-0.25, -0.2) is 9.67 Å². The number of aromatic nitrogens is 3. The Morgan fingerprint density at radius 3 is 2.67 bits per heavy atom. The van der Waals surface area contributed by atoms with Crippen molar-refractivity contribution in [1.82, 2.24) is 14.8 Å². The van der Waals surface area contributed by atoms with Crippen molar-refractivity contribution in [3.8, 4) is 10.6 Å². The molecule has 2 aromatic carbocycles. The van der Waals surface area contributed by atoms with Crippen LogP contribution in [0.5, 0.6) is 0 Å². The Balaban J connectivity index is 1.41. The van der Waals surface area contributed by atoms with Gasteiger partial charge in [-0.15, -0.1) is 11.3 Å². The van der Waals surface area contributed by atoms with E-state index in [1.165, 1.54) is 11.3 Å². The molecule has 2 aromatic heterocycles. The molecule has 0 amide bonds. The van der Waals surface area contributed by atoms with Crippen molar-refractivity contribution >= 4 is 28.1 Å². The SMILES string of the molecule is O=C(Cn1ncc2ccccc2c1=O)OCc1cnc(-c2ccccc2)s1. The number of fused-ring (bicyclic) bond motifs is 1. The summed E-state index contributed by atoms with van der Waals surface area (Å²) in [5.74, 6) is -0.519. The van der Waals surface area contributed by atoms with Crippen LogP contribution in [0.15, 0.2) is 71.8 Å². The van der Waals surface area contributed by atoms with Gasteiger partial charge in [-0.2, -0.15) is 5.10 Å². The van der Waals surface area contributed by atoms with Crippen LogP contribution in [-0.2, 0) is 22.7 Å². The Labute approximate surface area is 158 Å². The van der Waals surface area contributed by atoms with Gasteiger partial charge < -0.3 is 4.74 Å². The first-order valence-electron chi connectivity index (χ1n) is 8.31. The molecule has 0 spiro atoms. The van der Waals surface area contributed by atoms with Gasteiger partial charge in [0.15, 0.2) is 0 Å². The second kappa shape index (κ2) is 7.51. The molecule has 0 aliphatic heterocycles. The Hall–Kier alpha value is -3.32. The molecule has 6 nitrogen and oxygen atoms in total. The van der Waals surface area contributed by atoms with E-state index in [1.807, 2.05) is 36.4 Å². The standard InChI is InChI=1S/C20H15N3O3S/c24-18(12-23-20(25)17-9-5-4-8-15(17)10-22-23)26-13-16-11-21-19(27-16)14-6-2-1-3-7-14/h1-11H,12-13H2. The fraction of sp³-hybridized carbons (Fsp3) is 0.100. The first-order chi connectivity index (χ1) is 13.2. The molecular formula is C20H15N3O3S. The summed E-state index contributed by atoms with van der Waals surface area (Å²) in [4.78, 5) is 29.7. The van der Waals surface area contributed by atoms with E-state index in [4.69, 9.17) is 4.74 Å². The van der Waals surface area contributed by atoms with E-state index < -0.39 is 5.97 Å². The zero-order valence-electron chi connectivity index (χ0n) is 14.2.